The van der Waals surface area contributed by atoms with Gasteiger partial charge in [0.2, 0.25) is 0 Å². The van der Waals surface area contributed by atoms with E-state index >= 15 is 0 Å². The molecule has 1 atom stereocenters. The van der Waals surface area contributed by atoms with Crippen LogP contribution in [0.3, 0.4) is 0 Å². The fourth-order valence-electron chi connectivity index (χ4n) is 2.13. The summed E-state index contributed by atoms with van der Waals surface area (Å²) >= 11 is 0. The van der Waals surface area contributed by atoms with Gasteiger partial charge in [-0.2, -0.15) is 0 Å². The summed E-state index contributed by atoms with van der Waals surface area (Å²) in [6, 6.07) is 4.91. The van der Waals surface area contributed by atoms with Gasteiger partial charge in [0, 0.05) is 25.3 Å². The van der Waals surface area contributed by atoms with Crippen molar-refractivity contribution in [3.8, 4) is 0 Å². The molecule has 0 aromatic heterocycles. The van der Waals surface area contributed by atoms with Gasteiger partial charge in [0.15, 0.2) is 0 Å². The van der Waals surface area contributed by atoms with Gasteiger partial charge in [-0.1, -0.05) is 6.07 Å². The van der Waals surface area contributed by atoms with Crippen LogP contribution in [0.5, 0.6) is 0 Å². The van der Waals surface area contributed by atoms with Crippen LogP contribution < -0.4 is 10.6 Å². The molecule has 0 spiro atoms. The number of halogens is 1. The maximum absolute atomic E-state index is 13.2. The van der Waals surface area contributed by atoms with Gasteiger partial charge in [0.05, 0.1) is 5.60 Å². The Morgan fingerprint density at radius 2 is 2.29 bits per heavy atom. The quantitative estimate of drug-likeness (QED) is 0.831. The molecule has 17 heavy (non-hydrogen) atoms. The first-order valence-electron chi connectivity index (χ1n) is 5.98. The zero-order chi connectivity index (χ0) is 12.5. The van der Waals surface area contributed by atoms with Crippen molar-refractivity contribution in [1.29, 1.82) is 0 Å². The molecular weight excluding hydrogens is 219 g/mol. The molecule has 2 rings (SSSR count). The maximum Gasteiger partial charge on any atom is 0.125 e. The van der Waals surface area contributed by atoms with E-state index in [2.05, 4.69) is 4.90 Å². The van der Waals surface area contributed by atoms with Crippen LogP contribution in [-0.4, -0.2) is 30.3 Å². The van der Waals surface area contributed by atoms with Gasteiger partial charge < -0.3 is 15.7 Å². The highest BCUT2D eigenvalue weighted by atomic mass is 19.1. The minimum Gasteiger partial charge on any atom is -0.389 e. The zero-order valence-corrected chi connectivity index (χ0v) is 10.1. The van der Waals surface area contributed by atoms with Crippen molar-refractivity contribution < 1.29 is 9.50 Å². The summed E-state index contributed by atoms with van der Waals surface area (Å²) in [5.74, 6) is -0.207. The summed E-state index contributed by atoms with van der Waals surface area (Å²) in [6.45, 7) is 3.58. The Balaban J connectivity index is 2.04. The van der Waals surface area contributed by atoms with Crippen LogP contribution >= 0.6 is 0 Å². The molecule has 1 unspecified atom stereocenters. The molecule has 0 radical (unpaired) electrons. The van der Waals surface area contributed by atoms with E-state index in [0.717, 1.165) is 18.7 Å². The topological polar surface area (TPSA) is 49.5 Å². The molecule has 1 heterocycles. The van der Waals surface area contributed by atoms with Crippen LogP contribution in [0.25, 0.3) is 0 Å². The van der Waals surface area contributed by atoms with Crippen molar-refractivity contribution >= 4 is 5.69 Å². The Morgan fingerprint density at radius 3 is 3.00 bits per heavy atom. The third-order valence-electron chi connectivity index (χ3n) is 3.40. The average molecular weight is 238 g/mol. The number of hydrogen-bond acceptors (Lipinski definition) is 3. The van der Waals surface area contributed by atoms with E-state index in [1.807, 2.05) is 6.07 Å². The Kier molecular flexibility index (Phi) is 3.35. The Labute approximate surface area is 101 Å². The third-order valence-corrected chi connectivity index (χ3v) is 3.40. The highest BCUT2D eigenvalue weighted by Gasteiger charge is 2.23. The summed E-state index contributed by atoms with van der Waals surface area (Å²) in [4.78, 5) is 2.11. The Hall–Kier alpha value is -1.13. The molecule has 4 heteroatoms. The first-order chi connectivity index (χ1) is 8.02. The molecule has 0 aliphatic carbocycles. The monoisotopic (exact) mass is 238 g/mol. The molecule has 94 valence electrons. The summed E-state index contributed by atoms with van der Waals surface area (Å²) in [5.41, 5.74) is 6.78. The lowest BCUT2D eigenvalue weighted by Gasteiger charge is -2.26. The number of anilines is 1. The van der Waals surface area contributed by atoms with Crippen LogP contribution in [0.4, 0.5) is 10.1 Å². The molecule has 0 saturated carbocycles. The molecule has 1 aliphatic heterocycles. The Bertz CT molecular complexity index is 406. The molecule has 3 nitrogen and oxygen atoms in total. The summed E-state index contributed by atoms with van der Waals surface area (Å²) in [6.07, 6.45) is 1.54. The summed E-state index contributed by atoms with van der Waals surface area (Å²) in [7, 11) is 0. The van der Waals surface area contributed by atoms with Gasteiger partial charge in [0.1, 0.15) is 5.82 Å². The van der Waals surface area contributed by atoms with Crippen molar-refractivity contribution in [3.63, 3.8) is 0 Å². The fraction of sp³-hybridized carbons (Fsp3) is 0.538. The van der Waals surface area contributed by atoms with E-state index in [9.17, 15) is 9.50 Å². The maximum atomic E-state index is 13.2. The minimum atomic E-state index is -0.837. The van der Waals surface area contributed by atoms with Gasteiger partial charge in [-0.25, -0.2) is 4.39 Å². The van der Waals surface area contributed by atoms with Crippen molar-refractivity contribution in [2.75, 3.05) is 24.5 Å². The van der Waals surface area contributed by atoms with Crippen LogP contribution in [0.2, 0.25) is 0 Å². The van der Waals surface area contributed by atoms with Crippen molar-refractivity contribution in [2.24, 2.45) is 5.73 Å². The minimum absolute atomic E-state index is 0.207. The smallest absolute Gasteiger partial charge is 0.125 e. The highest BCUT2D eigenvalue weighted by molar-refractivity contribution is 5.58. The second-order valence-corrected chi connectivity index (χ2v) is 4.96. The predicted molar refractivity (Wildman–Crippen MR) is 66.6 cm³/mol. The Morgan fingerprint density at radius 1 is 1.53 bits per heavy atom. The van der Waals surface area contributed by atoms with Crippen molar-refractivity contribution in [3.05, 3.63) is 29.6 Å². The fourth-order valence-corrected chi connectivity index (χ4v) is 2.13. The van der Waals surface area contributed by atoms with E-state index in [-0.39, 0.29) is 12.4 Å². The standard InChI is InChI=1S/C13H19FN2O/c1-13(17,9-15)5-7-16-6-4-10-2-3-11(14)8-12(10)16/h2-3,8,17H,4-7,9,15H2,1H3. The SMILES string of the molecule is CC(O)(CN)CCN1CCc2ccc(F)cc21. The number of nitrogens with two attached hydrogens (primary N) is 1. The van der Waals surface area contributed by atoms with E-state index in [0.29, 0.717) is 13.0 Å². The molecule has 1 aliphatic rings. The number of nitrogens with zero attached hydrogens (tertiary/aromatic N) is 1. The van der Waals surface area contributed by atoms with Crippen LogP contribution in [-0.2, 0) is 6.42 Å². The van der Waals surface area contributed by atoms with E-state index in [1.54, 1.807) is 13.0 Å². The number of benzene rings is 1. The van der Waals surface area contributed by atoms with Gasteiger partial charge in [-0.15, -0.1) is 0 Å². The van der Waals surface area contributed by atoms with Gasteiger partial charge in [-0.05, 0) is 37.5 Å². The van der Waals surface area contributed by atoms with Crippen LogP contribution in [0.15, 0.2) is 18.2 Å². The summed E-state index contributed by atoms with van der Waals surface area (Å²) < 4.78 is 13.2. The molecule has 1 aromatic carbocycles. The van der Waals surface area contributed by atoms with E-state index in [1.165, 1.54) is 11.6 Å². The molecule has 0 bridgehead atoms. The zero-order valence-electron chi connectivity index (χ0n) is 10.1. The van der Waals surface area contributed by atoms with E-state index in [4.69, 9.17) is 5.73 Å². The average Bonchev–Trinajstić information content (AvgIpc) is 2.69. The lowest BCUT2D eigenvalue weighted by molar-refractivity contribution is 0.0621. The molecule has 0 saturated heterocycles. The lowest BCUT2D eigenvalue weighted by Crippen LogP contribution is -2.38. The second kappa shape index (κ2) is 4.63. The van der Waals surface area contributed by atoms with Crippen molar-refractivity contribution in [1.82, 2.24) is 0 Å². The van der Waals surface area contributed by atoms with Gasteiger partial charge in [-0.3, -0.25) is 0 Å². The molecular formula is C13H19FN2O. The first kappa shape index (κ1) is 12.3. The second-order valence-electron chi connectivity index (χ2n) is 4.96. The molecule has 1 aromatic rings. The van der Waals surface area contributed by atoms with E-state index < -0.39 is 5.60 Å². The first-order valence-corrected chi connectivity index (χ1v) is 5.98. The lowest BCUT2D eigenvalue weighted by atomic mass is 10.0. The van der Waals surface area contributed by atoms with Crippen LogP contribution in [0, 0.1) is 5.82 Å². The molecule has 3 N–H and O–H groups in total. The normalized spacial score (nSPS) is 18.0. The number of hydrogen-bond donors (Lipinski definition) is 2. The van der Waals surface area contributed by atoms with Crippen LogP contribution in [0.1, 0.15) is 18.9 Å². The molecule has 0 fully saturated rings. The van der Waals surface area contributed by atoms with Gasteiger partial charge >= 0.3 is 0 Å². The number of fused-ring (bicyclic) bond motifs is 1. The highest BCUT2D eigenvalue weighted by Crippen LogP contribution is 2.29. The molecule has 0 amide bonds. The number of aliphatic hydroxyl groups is 1. The van der Waals surface area contributed by atoms with Gasteiger partial charge in [0.25, 0.3) is 0 Å². The predicted octanol–water partition coefficient (Wildman–Crippen LogP) is 1.29. The van der Waals surface area contributed by atoms with Crippen molar-refractivity contribution in [2.45, 2.75) is 25.4 Å². The largest absolute Gasteiger partial charge is 0.389 e. The third kappa shape index (κ3) is 2.76. The summed E-state index contributed by atoms with van der Waals surface area (Å²) in [5, 5.41) is 9.86. The number of rotatable bonds is 4.